The molecule has 0 bridgehead atoms. The fourth-order valence-electron chi connectivity index (χ4n) is 2.95. The number of aromatic nitrogens is 2. The minimum Gasteiger partial charge on any atom is -0.491 e. The van der Waals surface area contributed by atoms with E-state index in [1.54, 1.807) is 6.08 Å². The van der Waals surface area contributed by atoms with Crippen molar-refractivity contribution in [2.24, 2.45) is 0 Å². The number of nitrogens with one attached hydrogen (secondary N) is 2. The number of hydrogen-bond donors (Lipinski definition) is 2. The van der Waals surface area contributed by atoms with Gasteiger partial charge in [-0.3, -0.25) is 9.59 Å². The number of aromatic amines is 1. The Bertz CT molecular complexity index is 892. The van der Waals surface area contributed by atoms with Crippen molar-refractivity contribution < 1.29 is 9.53 Å². The van der Waals surface area contributed by atoms with Crippen LogP contribution in [0, 0.1) is 0 Å². The van der Waals surface area contributed by atoms with Gasteiger partial charge in [-0.25, -0.2) is 4.98 Å². The molecule has 0 saturated carbocycles. The summed E-state index contributed by atoms with van der Waals surface area (Å²) < 4.78 is 5.89. The molecule has 0 radical (unpaired) electrons. The van der Waals surface area contributed by atoms with Gasteiger partial charge in [0.2, 0.25) is 5.91 Å². The zero-order valence-corrected chi connectivity index (χ0v) is 15.6. The Morgan fingerprint density at radius 1 is 1.38 bits per heavy atom. The normalized spacial score (nSPS) is 16.1. The summed E-state index contributed by atoms with van der Waals surface area (Å²) in [6, 6.07) is 7.51. The van der Waals surface area contributed by atoms with Crippen molar-refractivity contribution in [3.8, 4) is 5.75 Å². The molecule has 2 heterocycles. The topological polar surface area (TPSA) is 84.1 Å². The summed E-state index contributed by atoms with van der Waals surface area (Å²) in [5.74, 6) is 1.05. The van der Waals surface area contributed by atoms with Crippen molar-refractivity contribution in [3.63, 3.8) is 0 Å². The van der Waals surface area contributed by atoms with Crippen LogP contribution in [0.2, 0.25) is 0 Å². The number of anilines is 1. The molecule has 2 aromatic rings. The Balaban J connectivity index is 2.08. The highest BCUT2D eigenvalue weighted by Gasteiger charge is 2.32. The van der Waals surface area contributed by atoms with E-state index in [0.29, 0.717) is 28.0 Å². The van der Waals surface area contributed by atoms with Gasteiger partial charge in [-0.15, -0.1) is 6.58 Å². The van der Waals surface area contributed by atoms with E-state index in [1.807, 2.05) is 38.1 Å². The molecule has 0 fully saturated rings. The molecule has 136 valence electrons. The Morgan fingerprint density at radius 2 is 2.15 bits per heavy atom. The van der Waals surface area contributed by atoms with Crippen LogP contribution in [0.15, 0.2) is 46.9 Å². The van der Waals surface area contributed by atoms with Gasteiger partial charge in [0.05, 0.1) is 11.7 Å². The van der Waals surface area contributed by atoms with Crippen LogP contribution in [0.25, 0.3) is 0 Å². The highest BCUT2D eigenvalue weighted by atomic mass is 32.2. The average Bonchev–Trinajstić information content (AvgIpc) is 2.59. The number of para-hydroxylation sites is 1. The molecular formula is C19H21N3O3S. The Morgan fingerprint density at radius 3 is 2.88 bits per heavy atom. The maximum Gasteiger partial charge on any atom is 0.257 e. The first kappa shape index (κ1) is 18.3. The molecule has 0 unspecified atom stereocenters. The lowest BCUT2D eigenvalue weighted by Gasteiger charge is -2.26. The van der Waals surface area contributed by atoms with Gasteiger partial charge in [-0.2, -0.15) is 0 Å². The van der Waals surface area contributed by atoms with Crippen molar-refractivity contribution in [1.82, 2.24) is 9.97 Å². The second kappa shape index (κ2) is 7.78. The second-order valence-corrected chi connectivity index (χ2v) is 7.25. The number of carbonyl (C=O) groups excluding carboxylic acids is 1. The lowest BCUT2D eigenvalue weighted by Crippen LogP contribution is -2.31. The molecule has 0 aliphatic carbocycles. The van der Waals surface area contributed by atoms with Crippen LogP contribution in [-0.2, 0) is 4.79 Å². The zero-order chi connectivity index (χ0) is 18.7. The third-order valence-corrected chi connectivity index (χ3v) is 4.79. The van der Waals surface area contributed by atoms with E-state index in [0.717, 1.165) is 5.56 Å². The summed E-state index contributed by atoms with van der Waals surface area (Å²) in [4.78, 5) is 32.2. The number of fused-ring (bicyclic) bond motifs is 1. The van der Waals surface area contributed by atoms with Crippen LogP contribution in [0.1, 0.15) is 37.3 Å². The molecule has 1 atom stereocenters. The van der Waals surface area contributed by atoms with Crippen molar-refractivity contribution in [2.75, 3.05) is 11.1 Å². The first-order valence-electron chi connectivity index (χ1n) is 8.43. The number of amides is 1. The van der Waals surface area contributed by atoms with E-state index < -0.39 is 5.92 Å². The summed E-state index contributed by atoms with van der Waals surface area (Å²) >= 11 is 1.36. The maximum absolute atomic E-state index is 12.7. The summed E-state index contributed by atoms with van der Waals surface area (Å²) in [6.45, 7) is 7.54. The first-order chi connectivity index (χ1) is 12.5. The molecule has 1 aliphatic rings. The monoisotopic (exact) mass is 371 g/mol. The van der Waals surface area contributed by atoms with E-state index in [-0.39, 0.29) is 24.0 Å². The largest absolute Gasteiger partial charge is 0.491 e. The molecule has 7 heteroatoms. The summed E-state index contributed by atoms with van der Waals surface area (Å²) in [5.41, 5.74) is 1.04. The predicted octanol–water partition coefficient (Wildman–Crippen LogP) is 3.31. The molecule has 1 aliphatic heterocycles. The van der Waals surface area contributed by atoms with Gasteiger partial charge in [0, 0.05) is 23.7 Å². The summed E-state index contributed by atoms with van der Waals surface area (Å²) in [6.07, 6.45) is 1.89. The summed E-state index contributed by atoms with van der Waals surface area (Å²) in [5, 5.41) is 3.19. The minimum absolute atomic E-state index is 0.0119. The van der Waals surface area contributed by atoms with Gasteiger partial charge >= 0.3 is 0 Å². The lowest BCUT2D eigenvalue weighted by molar-refractivity contribution is -0.116. The van der Waals surface area contributed by atoms with E-state index in [4.69, 9.17) is 4.74 Å². The molecule has 1 aromatic carbocycles. The van der Waals surface area contributed by atoms with E-state index >= 15 is 0 Å². The molecule has 3 rings (SSSR count). The first-order valence-corrected chi connectivity index (χ1v) is 9.41. The van der Waals surface area contributed by atoms with Crippen LogP contribution in [0.3, 0.4) is 0 Å². The number of carbonyl (C=O) groups is 1. The van der Waals surface area contributed by atoms with Crippen LogP contribution < -0.4 is 15.6 Å². The molecule has 6 nitrogen and oxygen atoms in total. The van der Waals surface area contributed by atoms with E-state index in [2.05, 4.69) is 21.9 Å². The standard InChI is InChI=1S/C19H21N3O3S/c1-4-9-26-19-21-17-16(18(24)22-19)13(10-15(23)20-17)12-7-5-6-8-14(12)25-11(2)3/h4-8,11,13H,1,9-10H2,2-3H3,(H2,20,21,22,23,24)/t13-/m0/s1. The Kier molecular flexibility index (Phi) is 5.46. The van der Waals surface area contributed by atoms with Crippen LogP contribution in [0.5, 0.6) is 5.75 Å². The zero-order valence-electron chi connectivity index (χ0n) is 14.7. The fraction of sp³-hybridized carbons (Fsp3) is 0.316. The molecular weight excluding hydrogens is 350 g/mol. The van der Waals surface area contributed by atoms with Crippen LogP contribution >= 0.6 is 11.8 Å². The van der Waals surface area contributed by atoms with Gasteiger partial charge in [0.15, 0.2) is 5.16 Å². The number of ether oxygens (including phenoxy) is 1. The number of rotatable bonds is 6. The number of thioether (sulfide) groups is 1. The third kappa shape index (κ3) is 3.83. The molecule has 1 aromatic heterocycles. The van der Waals surface area contributed by atoms with Gasteiger partial charge in [-0.05, 0) is 19.9 Å². The summed E-state index contributed by atoms with van der Waals surface area (Å²) in [7, 11) is 0. The lowest BCUT2D eigenvalue weighted by atomic mass is 9.86. The molecule has 2 N–H and O–H groups in total. The van der Waals surface area contributed by atoms with Crippen molar-refractivity contribution in [1.29, 1.82) is 0 Å². The van der Waals surface area contributed by atoms with Crippen molar-refractivity contribution >= 4 is 23.5 Å². The molecule has 0 saturated heterocycles. The van der Waals surface area contributed by atoms with E-state index in [1.165, 1.54) is 11.8 Å². The highest BCUT2D eigenvalue weighted by Crippen LogP contribution is 2.38. The Labute approximate surface area is 156 Å². The van der Waals surface area contributed by atoms with Gasteiger partial charge in [0.25, 0.3) is 5.56 Å². The van der Waals surface area contributed by atoms with Gasteiger partial charge in [-0.1, -0.05) is 36.0 Å². The SMILES string of the molecule is C=CCSc1nc2c(c(=O)[nH]1)[C@H](c1ccccc1OC(C)C)CC(=O)N2. The molecule has 1 amide bonds. The van der Waals surface area contributed by atoms with Gasteiger partial charge < -0.3 is 15.0 Å². The van der Waals surface area contributed by atoms with Gasteiger partial charge in [0.1, 0.15) is 11.6 Å². The number of benzene rings is 1. The smallest absolute Gasteiger partial charge is 0.257 e. The fourth-order valence-corrected chi connectivity index (χ4v) is 3.55. The van der Waals surface area contributed by atoms with Crippen LogP contribution in [-0.4, -0.2) is 27.7 Å². The maximum atomic E-state index is 12.7. The van der Waals surface area contributed by atoms with Crippen molar-refractivity contribution in [3.05, 3.63) is 58.4 Å². The number of nitrogens with zero attached hydrogens (tertiary/aromatic N) is 1. The third-order valence-electron chi connectivity index (χ3n) is 3.92. The molecule has 0 spiro atoms. The predicted molar refractivity (Wildman–Crippen MR) is 103 cm³/mol. The number of H-pyrrole nitrogens is 1. The van der Waals surface area contributed by atoms with E-state index in [9.17, 15) is 9.59 Å². The highest BCUT2D eigenvalue weighted by molar-refractivity contribution is 7.99. The van der Waals surface area contributed by atoms with Crippen LogP contribution in [0.4, 0.5) is 5.82 Å². The van der Waals surface area contributed by atoms with Crippen molar-refractivity contribution in [2.45, 2.75) is 37.4 Å². The molecule has 26 heavy (non-hydrogen) atoms. The Hall–Kier alpha value is -2.54. The quantitative estimate of drug-likeness (QED) is 0.462. The minimum atomic E-state index is -0.400. The number of hydrogen-bond acceptors (Lipinski definition) is 5. The second-order valence-electron chi connectivity index (χ2n) is 6.24. The average molecular weight is 371 g/mol.